The smallest absolute Gasteiger partial charge is 0.271 e. The lowest BCUT2D eigenvalue weighted by Gasteiger charge is -2.01. The van der Waals surface area contributed by atoms with E-state index < -0.39 is 5.91 Å². The van der Waals surface area contributed by atoms with Gasteiger partial charge < -0.3 is 0 Å². The number of amides is 2. The van der Waals surface area contributed by atoms with Crippen molar-refractivity contribution in [2.24, 2.45) is 5.10 Å². The van der Waals surface area contributed by atoms with Crippen LogP contribution < -0.4 is 10.9 Å². The van der Waals surface area contributed by atoms with E-state index in [0.29, 0.717) is 16.8 Å². The van der Waals surface area contributed by atoms with Crippen LogP contribution in [0.15, 0.2) is 59.7 Å². The molecule has 25 heavy (non-hydrogen) atoms. The molecule has 0 heterocycles. The molecule has 0 aliphatic rings. The molecule has 2 amide bonds. The lowest BCUT2D eigenvalue weighted by atomic mass is 10.1. The molecule has 0 atom stereocenters. The van der Waals surface area contributed by atoms with E-state index in [4.69, 9.17) is 11.8 Å². The van der Waals surface area contributed by atoms with Crippen molar-refractivity contribution < 1.29 is 14.8 Å². The summed E-state index contributed by atoms with van der Waals surface area (Å²) in [6, 6.07) is 13.3. The summed E-state index contributed by atoms with van der Waals surface area (Å²) in [5.41, 5.74) is 6.30. The van der Waals surface area contributed by atoms with Gasteiger partial charge in [0.05, 0.1) is 12.8 Å². The number of hydrogen-bond acceptors (Lipinski definition) is 4. The number of rotatable bonds is 5. The highest BCUT2D eigenvalue weighted by Gasteiger charge is 2.03. The van der Waals surface area contributed by atoms with Gasteiger partial charge in [-0.15, -0.1) is 0 Å². The Bertz CT molecular complexity index is 847. The van der Waals surface area contributed by atoms with Gasteiger partial charge in [0, 0.05) is 11.6 Å². The second-order valence-electron chi connectivity index (χ2n) is 4.83. The van der Waals surface area contributed by atoms with E-state index in [1.807, 2.05) is 0 Å². The molecule has 0 aliphatic carbocycles. The topological polar surface area (TPSA) is 95.2 Å². The number of carbonyl (C=O) groups excluding carboxylic acids is 2. The molecule has 0 saturated carbocycles. The molecule has 0 saturated heterocycles. The summed E-state index contributed by atoms with van der Waals surface area (Å²) in [5, 5.41) is 12.3. The van der Waals surface area contributed by atoms with Crippen molar-refractivity contribution >= 4 is 29.8 Å². The predicted octanol–water partition coefficient (Wildman–Crippen LogP) is 2.52. The van der Waals surface area contributed by atoms with E-state index in [1.54, 1.807) is 48.5 Å². The third-order valence-electron chi connectivity index (χ3n) is 3.11. The molecule has 7 heteroatoms. The Morgan fingerprint density at radius 2 is 1.68 bits per heavy atom. The summed E-state index contributed by atoms with van der Waals surface area (Å²) in [4.78, 5) is 26.2. The van der Waals surface area contributed by atoms with Crippen LogP contribution in [-0.4, -0.2) is 23.2 Å². The van der Waals surface area contributed by atoms with Crippen LogP contribution in [0.4, 0.5) is 5.69 Å². The van der Waals surface area contributed by atoms with Crippen LogP contribution in [-0.2, 0) is 4.79 Å². The molecule has 0 spiro atoms. The Hall–Kier alpha value is -3.76. The van der Waals surface area contributed by atoms with Crippen LogP contribution in [0, 0.1) is 6.57 Å². The van der Waals surface area contributed by atoms with E-state index in [9.17, 15) is 9.59 Å². The van der Waals surface area contributed by atoms with Crippen molar-refractivity contribution in [1.29, 1.82) is 0 Å². The largest absolute Gasteiger partial charge is 0.288 e. The first-order valence-corrected chi connectivity index (χ1v) is 7.15. The number of carbonyl (C=O) groups is 2. The minimum Gasteiger partial charge on any atom is -0.288 e. The Balaban J connectivity index is 1.94. The van der Waals surface area contributed by atoms with Gasteiger partial charge in [-0.2, -0.15) is 5.10 Å². The quantitative estimate of drug-likeness (QED) is 0.258. The third-order valence-corrected chi connectivity index (χ3v) is 3.11. The maximum absolute atomic E-state index is 12.0. The van der Waals surface area contributed by atoms with Gasteiger partial charge in [-0.1, -0.05) is 36.4 Å². The van der Waals surface area contributed by atoms with Crippen LogP contribution in [0.1, 0.15) is 21.5 Å². The molecule has 124 valence electrons. The maximum atomic E-state index is 12.0. The molecular formula is C18H14N4O3. The lowest BCUT2D eigenvalue weighted by molar-refractivity contribution is -0.124. The standard InChI is InChI=1S/C18H14N4O3/c1-19-16-9-4-14(5-10-16)12-20-21-18(24)15-7-2-13(3-8-15)6-11-17(23)22-25/h2-12,25H,(H,21,24)(H,22,23)/b11-6+,20-12+. The van der Waals surface area contributed by atoms with Crippen molar-refractivity contribution in [1.82, 2.24) is 10.9 Å². The number of nitrogens with zero attached hydrogens (tertiary/aromatic N) is 2. The highest BCUT2D eigenvalue weighted by molar-refractivity contribution is 5.95. The third kappa shape index (κ3) is 5.42. The van der Waals surface area contributed by atoms with Crippen molar-refractivity contribution in [2.75, 3.05) is 0 Å². The second-order valence-corrected chi connectivity index (χ2v) is 4.83. The van der Waals surface area contributed by atoms with Gasteiger partial charge >= 0.3 is 0 Å². The number of nitrogens with one attached hydrogen (secondary N) is 2. The van der Waals surface area contributed by atoms with Crippen LogP contribution in [0.25, 0.3) is 10.9 Å². The van der Waals surface area contributed by atoms with Crippen molar-refractivity contribution in [2.45, 2.75) is 0 Å². The molecule has 0 fully saturated rings. The molecule has 0 radical (unpaired) electrons. The molecule has 3 N–H and O–H groups in total. The highest BCUT2D eigenvalue weighted by atomic mass is 16.5. The summed E-state index contributed by atoms with van der Waals surface area (Å²) >= 11 is 0. The number of benzene rings is 2. The zero-order chi connectivity index (χ0) is 18.1. The molecular weight excluding hydrogens is 320 g/mol. The average molecular weight is 334 g/mol. The first-order chi connectivity index (χ1) is 12.1. The Labute approximate surface area is 144 Å². The van der Waals surface area contributed by atoms with E-state index in [2.05, 4.69) is 15.4 Å². The summed E-state index contributed by atoms with van der Waals surface area (Å²) < 4.78 is 0. The van der Waals surface area contributed by atoms with Gasteiger partial charge in [-0.05, 0) is 29.3 Å². The SMILES string of the molecule is [C-]#[N+]c1ccc(/C=N/NC(=O)c2ccc(/C=C/C(=O)NO)cc2)cc1. The van der Waals surface area contributed by atoms with Crippen molar-refractivity contribution in [3.63, 3.8) is 0 Å². The fourth-order valence-electron chi connectivity index (χ4n) is 1.82. The van der Waals surface area contributed by atoms with Crippen molar-refractivity contribution in [3.8, 4) is 0 Å². The van der Waals surface area contributed by atoms with Crippen LogP contribution in [0.5, 0.6) is 0 Å². The van der Waals surface area contributed by atoms with Crippen LogP contribution in [0.2, 0.25) is 0 Å². The summed E-state index contributed by atoms with van der Waals surface area (Å²) in [5.74, 6) is -1.02. The zero-order valence-electron chi connectivity index (χ0n) is 13.0. The summed E-state index contributed by atoms with van der Waals surface area (Å²) in [7, 11) is 0. The fraction of sp³-hybridized carbons (Fsp3) is 0. The molecule has 0 bridgehead atoms. The molecule has 0 aliphatic heterocycles. The van der Waals surface area contributed by atoms with Gasteiger partial charge in [-0.3, -0.25) is 14.8 Å². The predicted molar refractivity (Wildman–Crippen MR) is 93.2 cm³/mol. The van der Waals surface area contributed by atoms with Gasteiger partial charge in [0.15, 0.2) is 5.69 Å². The van der Waals surface area contributed by atoms with Crippen molar-refractivity contribution in [3.05, 3.63) is 82.7 Å². The van der Waals surface area contributed by atoms with E-state index in [1.165, 1.54) is 23.8 Å². The van der Waals surface area contributed by atoms with E-state index in [0.717, 1.165) is 5.56 Å². The normalized spacial score (nSPS) is 10.6. The first-order valence-electron chi connectivity index (χ1n) is 7.15. The molecule has 2 rings (SSSR count). The maximum Gasteiger partial charge on any atom is 0.271 e. The minimum absolute atomic E-state index is 0.377. The Morgan fingerprint density at radius 1 is 1.04 bits per heavy atom. The summed E-state index contributed by atoms with van der Waals surface area (Å²) in [6.07, 6.45) is 4.15. The van der Waals surface area contributed by atoms with Gasteiger partial charge in [0.25, 0.3) is 11.8 Å². The summed E-state index contributed by atoms with van der Waals surface area (Å²) in [6.45, 7) is 6.88. The van der Waals surface area contributed by atoms with Crippen LogP contribution >= 0.6 is 0 Å². The van der Waals surface area contributed by atoms with Gasteiger partial charge in [0.1, 0.15) is 0 Å². The Morgan fingerprint density at radius 3 is 2.28 bits per heavy atom. The molecule has 7 nitrogen and oxygen atoms in total. The van der Waals surface area contributed by atoms with E-state index in [-0.39, 0.29) is 5.91 Å². The fourth-order valence-corrected chi connectivity index (χ4v) is 1.82. The second kappa shape index (κ2) is 8.76. The first kappa shape index (κ1) is 17.6. The molecule has 2 aromatic rings. The number of hydroxylamine groups is 1. The molecule has 2 aromatic carbocycles. The molecule has 0 unspecified atom stereocenters. The number of hydrazone groups is 1. The Kier molecular flexibility index (Phi) is 6.17. The van der Waals surface area contributed by atoms with Crippen LogP contribution in [0.3, 0.4) is 0 Å². The monoisotopic (exact) mass is 334 g/mol. The number of hydrogen-bond donors (Lipinski definition) is 3. The van der Waals surface area contributed by atoms with Gasteiger partial charge in [-0.25, -0.2) is 15.8 Å². The highest BCUT2D eigenvalue weighted by Crippen LogP contribution is 2.11. The zero-order valence-corrected chi connectivity index (χ0v) is 13.0. The lowest BCUT2D eigenvalue weighted by Crippen LogP contribution is -2.17. The minimum atomic E-state index is -0.638. The van der Waals surface area contributed by atoms with Gasteiger partial charge in [0.2, 0.25) is 0 Å². The molecule has 0 aromatic heterocycles. The van der Waals surface area contributed by atoms with E-state index >= 15 is 0 Å². The average Bonchev–Trinajstić information content (AvgIpc) is 2.66.